The quantitative estimate of drug-likeness (QED) is 0.318. The zero-order valence-corrected chi connectivity index (χ0v) is 19.6. The van der Waals surface area contributed by atoms with Crippen LogP contribution in [-0.2, 0) is 24.3 Å². The van der Waals surface area contributed by atoms with Crippen LogP contribution in [0.25, 0.3) is 0 Å². The highest BCUT2D eigenvalue weighted by molar-refractivity contribution is 5.38. The van der Waals surface area contributed by atoms with Crippen LogP contribution in [0.3, 0.4) is 0 Å². The molecule has 6 aliphatic rings. The predicted molar refractivity (Wildman–Crippen MR) is 113 cm³/mol. The molecule has 8 heteroatoms. The SMILES string of the molecule is C=C1[C@H]2CCC3[C@@]45COC(O)([C@@H](OOCC)C4C(C)(C)CC[C@@H]5O)[C@@]3([C@@H]1OOCC)[C@@H]2O. The van der Waals surface area contributed by atoms with Crippen molar-refractivity contribution in [2.45, 2.75) is 83.6 Å². The Kier molecular flexibility index (Phi) is 5.40. The second-order valence-electron chi connectivity index (χ2n) is 11.1. The molecule has 182 valence electrons. The fourth-order valence-corrected chi connectivity index (χ4v) is 8.62. The highest BCUT2D eigenvalue weighted by Crippen LogP contribution is 2.78. The molecule has 6 fully saturated rings. The number of fused-ring (bicyclic) bond motifs is 2. The third kappa shape index (κ3) is 2.45. The van der Waals surface area contributed by atoms with E-state index in [0.29, 0.717) is 31.6 Å². The summed E-state index contributed by atoms with van der Waals surface area (Å²) < 4.78 is 6.27. The van der Waals surface area contributed by atoms with E-state index in [0.717, 1.165) is 12.8 Å². The minimum absolute atomic E-state index is 0.197. The smallest absolute Gasteiger partial charge is 0.207 e. The van der Waals surface area contributed by atoms with Gasteiger partial charge in [-0.3, -0.25) is 0 Å². The lowest BCUT2D eigenvalue weighted by Crippen LogP contribution is -2.86. The summed E-state index contributed by atoms with van der Waals surface area (Å²) in [5, 5.41) is 35.8. The van der Waals surface area contributed by atoms with Crippen LogP contribution in [0.5, 0.6) is 0 Å². The first-order valence-corrected chi connectivity index (χ1v) is 12.1. The van der Waals surface area contributed by atoms with Crippen LogP contribution < -0.4 is 0 Å². The van der Waals surface area contributed by atoms with Crippen molar-refractivity contribution in [1.29, 1.82) is 0 Å². The van der Waals surface area contributed by atoms with Crippen molar-refractivity contribution >= 4 is 0 Å². The van der Waals surface area contributed by atoms with Crippen LogP contribution >= 0.6 is 0 Å². The molecule has 3 N–H and O–H groups in total. The fraction of sp³-hybridized carbons (Fsp3) is 0.917. The van der Waals surface area contributed by atoms with E-state index in [9.17, 15) is 15.3 Å². The van der Waals surface area contributed by atoms with Gasteiger partial charge in [-0.1, -0.05) is 20.4 Å². The van der Waals surface area contributed by atoms with Gasteiger partial charge in [0.15, 0.2) is 6.10 Å². The maximum absolute atomic E-state index is 12.4. The molecule has 4 aliphatic carbocycles. The highest BCUT2D eigenvalue weighted by Gasteiger charge is 2.87. The van der Waals surface area contributed by atoms with Crippen LogP contribution in [0.4, 0.5) is 0 Å². The van der Waals surface area contributed by atoms with Gasteiger partial charge in [-0.05, 0) is 56.4 Å². The van der Waals surface area contributed by atoms with Crippen LogP contribution in [0.2, 0.25) is 0 Å². The lowest BCUT2D eigenvalue weighted by Gasteiger charge is -2.75. The predicted octanol–water partition coefficient (Wildman–Crippen LogP) is 2.12. The summed E-state index contributed by atoms with van der Waals surface area (Å²) in [6.07, 6.45) is -0.475. The van der Waals surface area contributed by atoms with E-state index in [1.54, 1.807) is 0 Å². The molecule has 3 unspecified atom stereocenters. The van der Waals surface area contributed by atoms with Gasteiger partial charge in [0.05, 0.1) is 37.4 Å². The number of hydrogen-bond donors (Lipinski definition) is 3. The molecule has 6 rings (SSSR count). The number of rotatable bonds is 6. The Hall–Kier alpha value is -0.580. The van der Waals surface area contributed by atoms with E-state index >= 15 is 0 Å². The van der Waals surface area contributed by atoms with E-state index in [4.69, 9.17) is 24.3 Å². The van der Waals surface area contributed by atoms with Crippen molar-refractivity contribution in [3.05, 3.63) is 12.2 Å². The number of aliphatic hydroxyl groups excluding tert-OH is 2. The molecule has 32 heavy (non-hydrogen) atoms. The van der Waals surface area contributed by atoms with Crippen LogP contribution in [0.1, 0.15) is 53.4 Å². The summed E-state index contributed by atoms with van der Waals surface area (Å²) >= 11 is 0. The van der Waals surface area contributed by atoms with Crippen molar-refractivity contribution in [3.63, 3.8) is 0 Å². The Morgan fingerprint density at radius 3 is 2.44 bits per heavy atom. The summed E-state index contributed by atoms with van der Waals surface area (Å²) in [6, 6.07) is 0. The molecule has 0 amide bonds. The minimum atomic E-state index is -1.90. The molecule has 2 aliphatic heterocycles. The molecular formula is C24H38O8. The van der Waals surface area contributed by atoms with Gasteiger partial charge in [0.1, 0.15) is 6.10 Å². The van der Waals surface area contributed by atoms with Crippen molar-refractivity contribution in [1.82, 2.24) is 0 Å². The monoisotopic (exact) mass is 454 g/mol. The van der Waals surface area contributed by atoms with Crippen molar-refractivity contribution in [2.75, 3.05) is 19.8 Å². The second-order valence-corrected chi connectivity index (χ2v) is 11.1. The van der Waals surface area contributed by atoms with Crippen LogP contribution in [0, 0.1) is 34.0 Å². The molecule has 10 atom stereocenters. The standard InChI is InChI=1S/C24H38O8/c1-6-29-31-19-13(3)14-8-9-15-22-12-28-24(27,23(15,19)18(14)26)20(32-30-7-2)17(22)21(4,5)11-10-16(22)25/h14-20,25-27H,3,6-12H2,1-2,4-5H3/t14-,15?,16+,17?,18-,19-,20+,22-,23-,24?/m1/s1. The Bertz CT molecular complexity index is 771. The van der Waals surface area contributed by atoms with E-state index in [-0.39, 0.29) is 29.8 Å². The molecule has 4 saturated carbocycles. The van der Waals surface area contributed by atoms with Crippen molar-refractivity contribution in [3.8, 4) is 0 Å². The summed E-state index contributed by atoms with van der Waals surface area (Å²) in [5.41, 5.74) is -1.55. The molecule has 0 radical (unpaired) electrons. The molecule has 8 nitrogen and oxygen atoms in total. The van der Waals surface area contributed by atoms with Gasteiger partial charge in [0.2, 0.25) is 5.79 Å². The van der Waals surface area contributed by atoms with Crippen molar-refractivity contribution < 1.29 is 39.6 Å². The summed E-state index contributed by atoms with van der Waals surface area (Å²) in [5.74, 6) is -2.64. The molecule has 0 aromatic carbocycles. The first kappa shape index (κ1) is 23.2. The average Bonchev–Trinajstić information content (AvgIpc) is 2.87. The van der Waals surface area contributed by atoms with Gasteiger partial charge >= 0.3 is 0 Å². The first-order valence-electron chi connectivity index (χ1n) is 12.1. The van der Waals surface area contributed by atoms with E-state index in [2.05, 4.69) is 20.4 Å². The number of hydrogen-bond acceptors (Lipinski definition) is 8. The average molecular weight is 455 g/mol. The Morgan fingerprint density at radius 1 is 1.06 bits per heavy atom. The fourth-order valence-electron chi connectivity index (χ4n) is 8.62. The zero-order valence-electron chi connectivity index (χ0n) is 19.6. The van der Waals surface area contributed by atoms with Crippen LogP contribution in [-0.4, -0.2) is 65.3 Å². The number of aliphatic hydroxyl groups is 3. The second kappa shape index (κ2) is 7.46. The molecule has 2 heterocycles. The Labute approximate surface area is 189 Å². The van der Waals surface area contributed by atoms with Gasteiger partial charge in [0.25, 0.3) is 0 Å². The third-order valence-corrected chi connectivity index (χ3v) is 9.64. The largest absolute Gasteiger partial charge is 0.392 e. The molecular weight excluding hydrogens is 416 g/mol. The maximum Gasteiger partial charge on any atom is 0.207 e. The third-order valence-electron chi connectivity index (χ3n) is 9.64. The van der Waals surface area contributed by atoms with E-state index in [1.807, 2.05) is 13.8 Å². The summed E-state index contributed by atoms with van der Waals surface area (Å²) in [4.78, 5) is 22.6. The lowest BCUT2D eigenvalue weighted by molar-refractivity contribution is -0.525. The van der Waals surface area contributed by atoms with Gasteiger partial charge in [-0.2, -0.15) is 0 Å². The normalized spacial score (nSPS) is 53.2. The van der Waals surface area contributed by atoms with E-state index in [1.165, 1.54) is 0 Å². The lowest BCUT2D eigenvalue weighted by atomic mass is 9.35. The van der Waals surface area contributed by atoms with Crippen molar-refractivity contribution in [2.24, 2.45) is 34.0 Å². The Balaban J connectivity index is 1.75. The topological polar surface area (TPSA) is 107 Å². The van der Waals surface area contributed by atoms with Gasteiger partial charge in [-0.25, -0.2) is 19.6 Å². The van der Waals surface area contributed by atoms with E-state index < -0.39 is 41.0 Å². The summed E-state index contributed by atoms with van der Waals surface area (Å²) in [6.45, 7) is 13.0. The minimum Gasteiger partial charge on any atom is -0.392 e. The first-order chi connectivity index (χ1) is 15.1. The van der Waals surface area contributed by atoms with Crippen LogP contribution in [0.15, 0.2) is 12.2 Å². The number of ether oxygens (including phenoxy) is 1. The van der Waals surface area contributed by atoms with Gasteiger partial charge in [0, 0.05) is 17.3 Å². The maximum atomic E-state index is 12.4. The van der Waals surface area contributed by atoms with Gasteiger partial charge in [-0.15, -0.1) is 0 Å². The highest BCUT2D eigenvalue weighted by atomic mass is 17.2. The molecule has 4 bridgehead atoms. The molecule has 0 aromatic heterocycles. The summed E-state index contributed by atoms with van der Waals surface area (Å²) in [7, 11) is 0. The molecule has 2 saturated heterocycles. The van der Waals surface area contributed by atoms with Gasteiger partial charge < -0.3 is 20.1 Å². The Morgan fingerprint density at radius 2 is 1.75 bits per heavy atom. The molecule has 2 spiro atoms. The zero-order chi connectivity index (χ0) is 23.1. The molecule has 0 aromatic rings.